The second-order valence-corrected chi connectivity index (χ2v) is 3.96. The first kappa shape index (κ1) is 12.0. The molecule has 1 aromatic heterocycles. The molecule has 1 aromatic rings. The number of rotatable bonds is 4. The van der Waals surface area contributed by atoms with Gasteiger partial charge in [0.05, 0.1) is 12.6 Å². The number of carbonyl (C=O) groups excluding carboxylic acids is 1. The summed E-state index contributed by atoms with van der Waals surface area (Å²) in [5, 5.41) is 9.27. The molecule has 3 heteroatoms. The molecule has 0 amide bonds. The van der Waals surface area contributed by atoms with E-state index in [-0.39, 0.29) is 18.4 Å². The van der Waals surface area contributed by atoms with Gasteiger partial charge in [-0.25, -0.2) is 0 Å². The molecule has 1 N–H and O–H groups in total. The summed E-state index contributed by atoms with van der Waals surface area (Å²) in [5.74, 6) is 0.0853. The zero-order chi connectivity index (χ0) is 11.6. The zero-order valence-electron chi connectivity index (χ0n) is 9.87. The number of aryl methyl sites for hydroxylation is 1. The Morgan fingerprint density at radius 1 is 1.53 bits per heavy atom. The molecular formula is C12H19NO2. The van der Waals surface area contributed by atoms with Gasteiger partial charge in [0.15, 0.2) is 5.78 Å². The number of hydrogen-bond donors (Lipinski definition) is 1. The molecule has 0 aliphatic rings. The van der Waals surface area contributed by atoms with Crippen molar-refractivity contribution in [1.82, 2.24) is 4.57 Å². The predicted octanol–water partition coefficient (Wildman–Crippen LogP) is 2.25. The van der Waals surface area contributed by atoms with E-state index in [4.69, 9.17) is 0 Å². The number of ketones is 1. The van der Waals surface area contributed by atoms with Crippen LogP contribution in [0.2, 0.25) is 0 Å². The lowest BCUT2D eigenvalue weighted by atomic mass is 10.2. The van der Waals surface area contributed by atoms with E-state index in [0.29, 0.717) is 0 Å². The maximum absolute atomic E-state index is 11.4. The van der Waals surface area contributed by atoms with Crippen LogP contribution in [0, 0.1) is 13.8 Å². The van der Waals surface area contributed by atoms with Crippen LogP contribution in [0.15, 0.2) is 6.07 Å². The molecule has 0 radical (unpaired) electrons. The molecule has 0 aliphatic carbocycles. The molecule has 1 heterocycles. The van der Waals surface area contributed by atoms with E-state index in [2.05, 4.69) is 4.57 Å². The molecule has 0 aromatic carbocycles. The van der Waals surface area contributed by atoms with Crippen molar-refractivity contribution < 1.29 is 9.90 Å². The summed E-state index contributed by atoms with van der Waals surface area (Å²) in [5.41, 5.74) is 2.76. The van der Waals surface area contributed by atoms with Crippen LogP contribution in [0.25, 0.3) is 0 Å². The Kier molecular flexibility index (Phi) is 3.69. The molecule has 1 atom stereocenters. The van der Waals surface area contributed by atoms with E-state index >= 15 is 0 Å². The summed E-state index contributed by atoms with van der Waals surface area (Å²) < 4.78 is 2.05. The van der Waals surface area contributed by atoms with Gasteiger partial charge in [-0.05, 0) is 33.3 Å². The van der Waals surface area contributed by atoms with Crippen molar-refractivity contribution in [2.45, 2.75) is 40.2 Å². The SMILES string of the molecule is CC[C@@H](CO)n1c(C)cc(C(C)=O)c1C. The Bertz CT molecular complexity index is 362. The molecule has 0 fully saturated rings. The van der Waals surface area contributed by atoms with E-state index < -0.39 is 0 Å². The first-order valence-corrected chi connectivity index (χ1v) is 5.33. The monoisotopic (exact) mass is 209 g/mol. The molecule has 3 nitrogen and oxygen atoms in total. The van der Waals surface area contributed by atoms with E-state index in [1.54, 1.807) is 6.92 Å². The smallest absolute Gasteiger partial charge is 0.161 e. The van der Waals surface area contributed by atoms with Gasteiger partial charge in [-0.2, -0.15) is 0 Å². The van der Waals surface area contributed by atoms with Crippen molar-refractivity contribution in [2.75, 3.05) is 6.61 Å². The topological polar surface area (TPSA) is 42.2 Å². The first-order valence-electron chi connectivity index (χ1n) is 5.33. The highest BCUT2D eigenvalue weighted by molar-refractivity contribution is 5.95. The lowest BCUT2D eigenvalue weighted by molar-refractivity contribution is 0.101. The van der Waals surface area contributed by atoms with Crippen molar-refractivity contribution in [1.29, 1.82) is 0 Å². The van der Waals surface area contributed by atoms with Crippen molar-refractivity contribution in [2.24, 2.45) is 0 Å². The molecule has 0 spiro atoms. The fraction of sp³-hybridized carbons (Fsp3) is 0.583. The van der Waals surface area contributed by atoms with Gasteiger partial charge in [-0.1, -0.05) is 6.92 Å². The van der Waals surface area contributed by atoms with E-state index in [1.165, 1.54) is 0 Å². The van der Waals surface area contributed by atoms with Gasteiger partial charge in [0, 0.05) is 17.0 Å². The molecule has 84 valence electrons. The molecular weight excluding hydrogens is 190 g/mol. The highest BCUT2D eigenvalue weighted by Gasteiger charge is 2.17. The normalized spacial score (nSPS) is 12.9. The van der Waals surface area contributed by atoms with Crippen LogP contribution in [0.3, 0.4) is 0 Å². The van der Waals surface area contributed by atoms with Crippen LogP contribution in [0.4, 0.5) is 0 Å². The Morgan fingerprint density at radius 2 is 2.13 bits per heavy atom. The van der Waals surface area contributed by atoms with Crippen molar-refractivity contribution in [3.63, 3.8) is 0 Å². The molecule has 1 rings (SSSR count). The van der Waals surface area contributed by atoms with Gasteiger partial charge in [-0.3, -0.25) is 4.79 Å². The second kappa shape index (κ2) is 4.62. The standard InChI is InChI=1S/C12H19NO2/c1-5-11(7-14)13-8(2)6-12(9(13)3)10(4)15/h6,11,14H,5,7H2,1-4H3/t11-/m0/s1. The van der Waals surface area contributed by atoms with Crippen LogP contribution >= 0.6 is 0 Å². The minimum Gasteiger partial charge on any atom is -0.394 e. The Balaban J connectivity index is 3.23. The van der Waals surface area contributed by atoms with Gasteiger partial charge < -0.3 is 9.67 Å². The van der Waals surface area contributed by atoms with Crippen LogP contribution in [-0.2, 0) is 0 Å². The van der Waals surface area contributed by atoms with Crippen LogP contribution < -0.4 is 0 Å². The minimum atomic E-state index is 0.0816. The summed E-state index contributed by atoms with van der Waals surface area (Å²) >= 11 is 0. The largest absolute Gasteiger partial charge is 0.394 e. The van der Waals surface area contributed by atoms with Gasteiger partial charge >= 0.3 is 0 Å². The van der Waals surface area contributed by atoms with Gasteiger partial charge in [0.25, 0.3) is 0 Å². The van der Waals surface area contributed by atoms with Crippen molar-refractivity contribution >= 4 is 5.78 Å². The minimum absolute atomic E-state index is 0.0816. The number of carbonyl (C=O) groups is 1. The third-order valence-corrected chi connectivity index (χ3v) is 2.91. The summed E-state index contributed by atoms with van der Waals surface area (Å²) in [6.07, 6.45) is 0.865. The van der Waals surface area contributed by atoms with E-state index in [9.17, 15) is 9.90 Å². The Labute approximate surface area is 90.7 Å². The number of aliphatic hydroxyl groups is 1. The van der Waals surface area contributed by atoms with Crippen LogP contribution in [0.5, 0.6) is 0 Å². The fourth-order valence-corrected chi connectivity index (χ4v) is 2.09. The summed E-state index contributed by atoms with van der Waals surface area (Å²) in [6, 6.07) is 1.98. The number of aromatic nitrogens is 1. The average Bonchev–Trinajstić information content (AvgIpc) is 2.47. The fourth-order valence-electron chi connectivity index (χ4n) is 2.09. The third kappa shape index (κ3) is 2.12. The number of hydrogen-bond acceptors (Lipinski definition) is 2. The molecule has 0 saturated heterocycles. The summed E-state index contributed by atoms with van der Waals surface area (Å²) in [7, 11) is 0. The van der Waals surface area contributed by atoms with Crippen LogP contribution in [-0.4, -0.2) is 22.1 Å². The first-order chi connectivity index (χ1) is 7.02. The second-order valence-electron chi connectivity index (χ2n) is 3.96. The maximum atomic E-state index is 11.4. The maximum Gasteiger partial charge on any atom is 0.161 e. The van der Waals surface area contributed by atoms with Crippen LogP contribution in [0.1, 0.15) is 48.1 Å². The quantitative estimate of drug-likeness (QED) is 0.773. The summed E-state index contributed by atoms with van der Waals surface area (Å²) in [4.78, 5) is 11.4. The Hall–Kier alpha value is -1.09. The molecule has 0 aliphatic heterocycles. The van der Waals surface area contributed by atoms with Crippen molar-refractivity contribution in [3.05, 3.63) is 23.0 Å². The molecule has 15 heavy (non-hydrogen) atoms. The molecule has 0 bridgehead atoms. The third-order valence-electron chi connectivity index (χ3n) is 2.91. The number of aliphatic hydroxyl groups excluding tert-OH is 1. The molecule has 0 saturated carbocycles. The highest BCUT2D eigenvalue weighted by atomic mass is 16.3. The molecule has 0 unspecified atom stereocenters. The van der Waals surface area contributed by atoms with E-state index in [0.717, 1.165) is 23.4 Å². The highest BCUT2D eigenvalue weighted by Crippen LogP contribution is 2.22. The number of Topliss-reactive ketones (excluding diaryl/α,β-unsaturated/α-hetero) is 1. The van der Waals surface area contributed by atoms with Gasteiger partial charge in [-0.15, -0.1) is 0 Å². The average molecular weight is 209 g/mol. The van der Waals surface area contributed by atoms with E-state index in [1.807, 2.05) is 26.8 Å². The number of nitrogens with zero attached hydrogens (tertiary/aromatic N) is 1. The van der Waals surface area contributed by atoms with Gasteiger partial charge in [0.2, 0.25) is 0 Å². The lowest BCUT2D eigenvalue weighted by Crippen LogP contribution is -2.15. The van der Waals surface area contributed by atoms with Gasteiger partial charge in [0.1, 0.15) is 0 Å². The summed E-state index contributed by atoms with van der Waals surface area (Å²) in [6.45, 7) is 7.63. The predicted molar refractivity (Wildman–Crippen MR) is 60.3 cm³/mol. The lowest BCUT2D eigenvalue weighted by Gasteiger charge is -2.18. The zero-order valence-corrected chi connectivity index (χ0v) is 9.87. The Morgan fingerprint density at radius 3 is 2.47 bits per heavy atom. The van der Waals surface area contributed by atoms with Crippen molar-refractivity contribution in [3.8, 4) is 0 Å².